The number of nitrogens with zero attached hydrogens (tertiary/aromatic N) is 2. The molecule has 0 fully saturated rings. The van der Waals surface area contributed by atoms with Crippen LogP contribution in [0.4, 0.5) is 5.69 Å². The average Bonchev–Trinajstić information content (AvgIpc) is 2.89. The van der Waals surface area contributed by atoms with E-state index in [0.717, 1.165) is 22.0 Å². The molecule has 104 valence electrons. The molecule has 5 nitrogen and oxygen atoms in total. The molecule has 0 aliphatic carbocycles. The van der Waals surface area contributed by atoms with Crippen LogP contribution in [0.1, 0.15) is 10.4 Å². The maximum atomic E-state index is 12.1. The number of hydrogen-bond acceptors (Lipinski definition) is 6. The van der Waals surface area contributed by atoms with Gasteiger partial charge in [-0.25, -0.2) is 4.98 Å². The Bertz CT molecular complexity index is 795. The number of carbonyl (C=O) groups excluding carboxylic acids is 1. The molecule has 3 rings (SSSR count). The van der Waals surface area contributed by atoms with Crippen LogP contribution in [0.2, 0.25) is 0 Å². The van der Waals surface area contributed by atoms with Crippen molar-refractivity contribution in [2.24, 2.45) is 0 Å². The molecule has 0 saturated carbocycles. The number of aromatic nitrogens is 1. The molecule has 0 N–H and O–H groups in total. The molecule has 0 bridgehead atoms. The number of para-hydroxylation sites is 1. The molecule has 7 heteroatoms. The zero-order valence-electron chi connectivity index (χ0n) is 10.6. The van der Waals surface area contributed by atoms with E-state index in [2.05, 4.69) is 4.98 Å². The summed E-state index contributed by atoms with van der Waals surface area (Å²) in [5, 5.41) is 10.4. The van der Waals surface area contributed by atoms with Gasteiger partial charge in [-0.1, -0.05) is 12.1 Å². The number of thiazole rings is 1. The summed E-state index contributed by atoms with van der Waals surface area (Å²) in [6.07, 6.45) is 0. The molecule has 2 aromatic carbocycles. The number of rotatable bonds is 3. The van der Waals surface area contributed by atoms with Crippen molar-refractivity contribution in [2.75, 3.05) is 0 Å². The van der Waals surface area contributed by atoms with Crippen LogP contribution in [0.15, 0.2) is 52.9 Å². The average molecular weight is 316 g/mol. The summed E-state index contributed by atoms with van der Waals surface area (Å²) >= 11 is 2.49. The molecule has 0 saturated heterocycles. The highest BCUT2D eigenvalue weighted by Gasteiger charge is 2.13. The van der Waals surface area contributed by atoms with E-state index in [-0.39, 0.29) is 10.8 Å². The number of nitro groups is 1. The van der Waals surface area contributed by atoms with Gasteiger partial charge < -0.3 is 0 Å². The number of hydrogen-bond donors (Lipinski definition) is 0. The van der Waals surface area contributed by atoms with Crippen LogP contribution < -0.4 is 0 Å². The van der Waals surface area contributed by atoms with Crippen molar-refractivity contribution >= 4 is 44.1 Å². The minimum Gasteiger partial charge on any atom is -0.281 e. The number of thioether (sulfide) groups is 1. The highest BCUT2D eigenvalue weighted by molar-refractivity contribution is 8.15. The Morgan fingerprint density at radius 2 is 1.86 bits per heavy atom. The Morgan fingerprint density at radius 1 is 1.14 bits per heavy atom. The fourth-order valence-corrected chi connectivity index (χ4v) is 3.67. The van der Waals surface area contributed by atoms with E-state index in [0.29, 0.717) is 9.90 Å². The summed E-state index contributed by atoms with van der Waals surface area (Å²) in [6, 6.07) is 13.2. The van der Waals surface area contributed by atoms with Crippen LogP contribution in [0.5, 0.6) is 0 Å². The van der Waals surface area contributed by atoms with Gasteiger partial charge in [0.25, 0.3) is 5.69 Å². The largest absolute Gasteiger partial charge is 0.281 e. The third kappa shape index (κ3) is 2.93. The van der Waals surface area contributed by atoms with Crippen molar-refractivity contribution in [1.82, 2.24) is 4.98 Å². The van der Waals surface area contributed by atoms with E-state index in [1.54, 1.807) is 0 Å². The molecule has 0 radical (unpaired) electrons. The molecule has 3 aromatic rings. The first-order chi connectivity index (χ1) is 10.1. The fraction of sp³-hybridized carbons (Fsp3) is 0. The lowest BCUT2D eigenvalue weighted by Gasteiger charge is -1.97. The second-order valence-corrected chi connectivity index (χ2v) is 6.39. The van der Waals surface area contributed by atoms with Crippen LogP contribution in [0.25, 0.3) is 10.2 Å². The molecule has 0 aliphatic rings. The van der Waals surface area contributed by atoms with Crippen molar-refractivity contribution < 1.29 is 9.72 Å². The maximum Gasteiger partial charge on any atom is 0.269 e. The Kier molecular flexibility index (Phi) is 3.68. The molecular formula is C14H8N2O3S2. The standard InChI is InChI=1S/C14H8N2O3S2/c17-13(9-5-7-10(8-6-9)16(18)19)21-14-15-11-3-1-2-4-12(11)20-14/h1-8H. The first-order valence-electron chi connectivity index (χ1n) is 5.96. The van der Waals surface area contributed by atoms with Gasteiger partial charge in [-0.05, 0) is 36.0 Å². The van der Waals surface area contributed by atoms with Crippen molar-refractivity contribution in [1.29, 1.82) is 0 Å². The topological polar surface area (TPSA) is 73.1 Å². The summed E-state index contributed by atoms with van der Waals surface area (Å²) in [4.78, 5) is 26.6. The number of fused-ring (bicyclic) bond motifs is 1. The second-order valence-electron chi connectivity index (χ2n) is 4.14. The lowest BCUT2D eigenvalue weighted by Crippen LogP contribution is -1.94. The van der Waals surface area contributed by atoms with E-state index in [1.807, 2.05) is 24.3 Å². The van der Waals surface area contributed by atoms with Gasteiger partial charge in [0.2, 0.25) is 5.12 Å². The SMILES string of the molecule is O=C(Sc1nc2ccccc2s1)c1ccc([N+](=O)[O-])cc1. The van der Waals surface area contributed by atoms with E-state index in [9.17, 15) is 14.9 Å². The van der Waals surface area contributed by atoms with E-state index < -0.39 is 4.92 Å². The third-order valence-corrected chi connectivity index (χ3v) is 4.79. The summed E-state index contributed by atoms with van der Waals surface area (Å²) in [5.74, 6) is 0. The smallest absolute Gasteiger partial charge is 0.269 e. The van der Waals surface area contributed by atoms with Gasteiger partial charge in [0.1, 0.15) is 0 Å². The number of benzene rings is 2. The van der Waals surface area contributed by atoms with Crippen LogP contribution in [-0.4, -0.2) is 15.0 Å². The van der Waals surface area contributed by atoms with Gasteiger partial charge in [0, 0.05) is 17.7 Å². The van der Waals surface area contributed by atoms with E-state index in [1.165, 1.54) is 35.6 Å². The Labute approximate surface area is 127 Å². The first kappa shape index (κ1) is 13.7. The summed E-state index contributed by atoms with van der Waals surface area (Å²) in [6.45, 7) is 0. The Hall–Kier alpha value is -2.25. The van der Waals surface area contributed by atoms with Crippen LogP contribution in [-0.2, 0) is 0 Å². The fourth-order valence-electron chi connectivity index (χ4n) is 1.75. The lowest BCUT2D eigenvalue weighted by molar-refractivity contribution is -0.384. The minimum absolute atomic E-state index is 0.0310. The van der Waals surface area contributed by atoms with Crippen molar-refractivity contribution in [3.8, 4) is 0 Å². The monoisotopic (exact) mass is 316 g/mol. The van der Waals surface area contributed by atoms with Crippen LogP contribution in [0, 0.1) is 10.1 Å². The summed E-state index contributed by atoms with van der Waals surface area (Å²) in [7, 11) is 0. The predicted octanol–water partition coefficient (Wildman–Crippen LogP) is 4.14. The molecule has 1 heterocycles. The number of non-ortho nitro benzene ring substituents is 1. The maximum absolute atomic E-state index is 12.1. The summed E-state index contributed by atoms with van der Waals surface area (Å²) in [5.41, 5.74) is 1.25. The Morgan fingerprint density at radius 3 is 2.52 bits per heavy atom. The molecule has 0 aliphatic heterocycles. The van der Waals surface area contributed by atoms with Crippen LogP contribution in [0.3, 0.4) is 0 Å². The van der Waals surface area contributed by atoms with Gasteiger partial charge in [-0.2, -0.15) is 0 Å². The van der Waals surface area contributed by atoms with E-state index >= 15 is 0 Å². The zero-order valence-corrected chi connectivity index (χ0v) is 12.2. The Balaban J connectivity index is 1.80. The molecule has 0 amide bonds. The lowest BCUT2D eigenvalue weighted by atomic mass is 10.2. The third-order valence-electron chi connectivity index (χ3n) is 2.77. The van der Waals surface area contributed by atoms with Gasteiger partial charge >= 0.3 is 0 Å². The van der Waals surface area contributed by atoms with Gasteiger partial charge in [-0.15, -0.1) is 11.3 Å². The molecule has 0 spiro atoms. The van der Waals surface area contributed by atoms with Gasteiger partial charge in [0.15, 0.2) is 4.34 Å². The molecular weight excluding hydrogens is 308 g/mol. The first-order valence-corrected chi connectivity index (χ1v) is 7.59. The molecule has 21 heavy (non-hydrogen) atoms. The van der Waals surface area contributed by atoms with E-state index in [4.69, 9.17) is 0 Å². The number of carbonyl (C=O) groups is 1. The van der Waals surface area contributed by atoms with Crippen molar-refractivity contribution in [3.05, 3.63) is 64.2 Å². The molecule has 1 aromatic heterocycles. The molecule has 0 atom stereocenters. The van der Waals surface area contributed by atoms with Crippen molar-refractivity contribution in [3.63, 3.8) is 0 Å². The van der Waals surface area contributed by atoms with Crippen molar-refractivity contribution in [2.45, 2.75) is 4.34 Å². The quantitative estimate of drug-likeness (QED) is 0.412. The number of nitro benzene ring substituents is 1. The zero-order chi connectivity index (χ0) is 14.8. The molecule has 0 unspecified atom stereocenters. The normalized spacial score (nSPS) is 10.7. The minimum atomic E-state index is -0.491. The predicted molar refractivity (Wildman–Crippen MR) is 82.9 cm³/mol. The summed E-state index contributed by atoms with van der Waals surface area (Å²) < 4.78 is 1.69. The van der Waals surface area contributed by atoms with Gasteiger partial charge in [0.05, 0.1) is 15.1 Å². The van der Waals surface area contributed by atoms with Crippen LogP contribution >= 0.6 is 23.1 Å². The second kappa shape index (κ2) is 5.63. The highest BCUT2D eigenvalue weighted by atomic mass is 32.2. The highest BCUT2D eigenvalue weighted by Crippen LogP contribution is 2.31. The van der Waals surface area contributed by atoms with Gasteiger partial charge in [-0.3, -0.25) is 14.9 Å².